The molecule has 4 rings (SSSR count). The Bertz CT molecular complexity index is 914. The van der Waals surface area contributed by atoms with E-state index in [4.69, 9.17) is 16.0 Å². The van der Waals surface area contributed by atoms with Crippen LogP contribution >= 0.6 is 22.9 Å². The first-order valence-electron chi connectivity index (χ1n) is 8.13. The molecule has 0 unspecified atom stereocenters. The van der Waals surface area contributed by atoms with E-state index >= 15 is 0 Å². The maximum absolute atomic E-state index is 12.4. The minimum absolute atomic E-state index is 0.259. The Balaban J connectivity index is 1.43. The van der Waals surface area contributed by atoms with Gasteiger partial charge in [-0.25, -0.2) is 4.98 Å². The number of halogens is 1. The SMILES string of the molecule is C[C@@H]1CCc2nc(NC(=O)c3ccc(Cn4cc(Cl)cn4)o3)sc2C1. The molecule has 25 heavy (non-hydrogen) atoms. The summed E-state index contributed by atoms with van der Waals surface area (Å²) in [6.45, 7) is 2.67. The molecular formula is C17H17ClN4O2S. The summed E-state index contributed by atoms with van der Waals surface area (Å²) in [6, 6.07) is 3.42. The van der Waals surface area contributed by atoms with Gasteiger partial charge in [0.15, 0.2) is 10.9 Å². The second-order valence-electron chi connectivity index (χ2n) is 6.31. The summed E-state index contributed by atoms with van der Waals surface area (Å²) < 4.78 is 7.26. The molecule has 3 aromatic heterocycles. The lowest BCUT2D eigenvalue weighted by molar-refractivity contribution is 0.0994. The molecule has 6 nitrogen and oxygen atoms in total. The number of rotatable bonds is 4. The van der Waals surface area contributed by atoms with E-state index in [-0.39, 0.29) is 11.7 Å². The number of anilines is 1. The van der Waals surface area contributed by atoms with Gasteiger partial charge in [-0.2, -0.15) is 5.10 Å². The van der Waals surface area contributed by atoms with Crippen molar-refractivity contribution < 1.29 is 9.21 Å². The van der Waals surface area contributed by atoms with Gasteiger partial charge in [-0.05, 0) is 37.3 Å². The van der Waals surface area contributed by atoms with E-state index in [1.807, 2.05) is 0 Å². The van der Waals surface area contributed by atoms with Crippen LogP contribution in [0.15, 0.2) is 28.9 Å². The fraction of sp³-hybridized carbons (Fsp3) is 0.353. The second kappa shape index (κ2) is 6.65. The molecule has 0 aliphatic heterocycles. The topological polar surface area (TPSA) is 73.0 Å². The van der Waals surface area contributed by atoms with Gasteiger partial charge in [-0.3, -0.25) is 14.8 Å². The number of hydrogen-bond donors (Lipinski definition) is 1. The van der Waals surface area contributed by atoms with Crippen molar-refractivity contribution in [1.29, 1.82) is 0 Å². The van der Waals surface area contributed by atoms with E-state index in [9.17, 15) is 4.79 Å². The maximum atomic E-state index is 12.4. The smallest absolute Gasteiger partial charge is 0.293 e. The number of amides is 1. The summed E-state index contributed by atoms with van der Waals surface area (Å²) in [7, 11) is 0. The summed E-state index contributed by atoms with van der Waals surface area (Å²) in [4.78, 5) is 18.2. The van der Waals surface area contributed by atoms with E-state index in [1.165, 1.54) is 4.88 Å². The van der Waals surface area contributed by atoms with Crippen molar-refractivity contribution in [3.8, 4) is 0 Å². The average Bonchev–Trinajstić information content (AvgIpc) is 3.27. The lowest BCUT2D eigenvalue weighted by atomic mass is 9.93. The number of nitrogens with one attached hydrogen (secondary N) is 1. The highest BCUT2D eigenvalue weighted by atomic mass is 35.5. The summed E-state index contributed by atoms with van der Waals surface area (Å²) in [5.74, 6) is 1.29. The number of carbonyl (C=O) groups excluding carboxylic acids is 1. The van der Waals surface area contributed by atoms with Crippen molar-refractivity contribution >= 4 is 34.0 Å². The predicted molar refractivity (Wildman–Crippen MR) is 96.3 cm³/mol. The zero-order valence-electron chi connectivity index (χ0n) is 13.7. The molecule has 0 bridgehead atoms. The zero-order chi connectivity index (χ0) is 17.4. The fourth-order valence-corrected chi connectivity index (χ4v) is 4.24. The molecule has 0 aromatic carbocycles. The summed E-state index contributed by atoms with van der Waals surface area (Å²) >= 11 is 7.40. The molecule has 8 heteroatoms. The van der Waals surface area contributed by atoms with Crippen LogP contribution in [0, 0.1) is 5.92 Å². The Kier molecular flexibility index (Phi) is 4.35. The molecule has 0 radical (unpaired) electrons. The van der Waals surface area contributed by atoms with Gasteiger partial charge in [0, 0.05) is 11.1 Å². The van der Waals surface area contributed by atoms with Gasteiger partial charge in [0.2, 0.25) is 0 Å². The van der Waals surface area contributed by atoms with Crippen LogP contribution < -0.4 is 5.32 Å². The molecule has 0 saturated heterocycles. The second-order valence-corrected chi connectivity index (χ2v) is 7.83. The normalized spacial score (nSPS) is 16.6. The Morgan fingerprint density at radius 3 is 3.20 bits per heavy atom. The fourth-order valence-electron chi connectivity index (χ4n) is 2.92. The minimum Gasteiger partial charge on any atom is -0.454 e. The molecule has 0 fully saturated rings. The quantitative estimate of drug-likeness (QED) is 0.746. The Labute approximate surface area is 153 Å². The highest BCUT2D eigenvalue weighted by Gasteiger charge is 2.21. The monoisotopic (exact) mass is 376 g/mol. The van der Waals surface area contributed by atoms with E-state index in [2.05, 4.69) is 22.3 Å². The number of aromatic nitrogens is 3. The van der Waals surface area contributed by atoms with E-state index in [0.717, 1.165) is 25.0 Å². The van der Waals surface area contributed by atoms with Gasteiger partial charge in [0.25, 0.3) is 5.91 Å². The molecule has 1 atom stereocenters. The molecule has 1 amide bonds. The number of nitrogens with zero attached hydrogens (tertiary/aromatic N) is 3. The first kappa shape index (κ1) is 16.4. The number of carbonyl (C=O) groups is 1. The van der Waals surface area contributed by atoms with Crippen LogP contribution in [0.3, 0.4) is 0 Å². The first-order chi connectivity index (χ1) is 12.1. The number of thiazole rings is 1. The van der Waals surface area contributed by atoms with Gasteiger partial charge in [0.1, 0.15) is 5.76 Å². The van der Waals surface area contributed by atoms with Crippen LogP contribution in [-0.2, 0) is 19.4 Å². The Morgan fingerprint density at radius 1 is 1.52 bits per heavy atom. The van der Waals surface area contributed by atoms with E-state index < -0.39 is 0 Å². The Hall–Kier alpha value is -2.12. The average molecular weight is 377 g/mol. The third kappa shape index (κ3) is 3.62. The van der Waals surface area contributed by atoms with E-state index in [0.29, 0.717) is 28.4 Å². The molecule has 1 aliphatic carbocycles. The molecule has 0 spiro atoms. The van der Waals surface area contributed by atoms with Crippen LogP contribution in [0.5, 0.6) is 0 Å². The van der Waals surface area contributed by atoms with Crippen molar-refractivity contribution in [3.05, 3.63) is 51.6 Å². The summed E-state index contributed by atoms with van der Waals surface area (Å²) in [5, 5.41) is 8.14. The highest BCUT2D eigenvalue weighted by Crippen LogP contribution is 2.32. The van der Waals surface area contributed by atoms with Gasteiger partial charge in [-0.1, -0.05) is 18.5 Å². The third-order valence-corrected chi connectivity index (χ3v) is 5.44. The number of hydrogen-bond acceptors (Lipinski definition) is 5. The van der Waals surface area contributed by atoms with Crippen LogP contribution in [0.2, 0.25) is 5.02 Å². The van der Waals surface area contributed by atoms with Gasteiger partial charge < -0.3 is 4.42 Å². The molecule has 3 heterocycles. The molecule has 1 N–H and O–H groups in total. The number of furan rings is 1. The molecule has 3 aromatic rings. The number of fused-ring (bicyclic) bond motifs is 1. The van der Waals surface area contributed by atoms with E-state index in [1.54, 1.807) is 40.5 Å². The third-order valence-electron chi connectivity index (χ3n) is 4.21. The highest BCUT2D eigenvalue weighted by molar-refractivity contribution is 7.15. The zero-order valence-corrected chi connectivity index (χ0v) is 15.2. The maximum Gasteiger partial charge on any atom is 0.293 e. The van der Waals surface area contributed by atoms with Crippen molar-refractivity contribution in [2.45, 2.75) is 32.7 Å². The summed E-state index contributed by atoms with van der Waals surface area (Å²) in [6.07, 6.45) is 6.44. The largest absolute Gasteiger partial charge is 0.454 e. The van der Waals surface area contributed by atoms with Crippen molar-refractivity contribution in [1.82, 2.24) is 14.8 Å². The molecular weight excluding hydrogens is 360 g/mol. The van der Waals surface area contributed by atoms with Crippen LogP contribution in [0.1, 0.15) is 40.2 Å². The van der Waals surface area contributed by atoms with Gasteiger partial charge in [0.05, 0.1) is 23.5 Å². The van der Waals surface area contributed by atoms with Crippen molar-refractivity contribution in [2.75, 3.05) is 5.32 Å². The molecule has 1 aliphatic rings. The minimum atomic E-state index is -0.288. The molecule has 130 valence electrons. The first-order valence-corrected chi connectivity index (χ1v) is 9.33. The van der Waals surface area contributed by atoms with Crippen LogP contribution in [-0.4, -0.2) is 20.7 Å². The summed E-state index contributed by atoms with van der Waals surface area (Å²) in [5.41, 5.74) is 1.12. The van der Waals surface area contributed by atoms with Crippen LogP contribution in [0.25, 0.3) is 0 Å². The lowest BCUT2D eigenvalue weighted by Gasteiger charge is -2.15. The Morgan fingerprint density at radius 2 is 2.40 bits per heavy atom. The lowest BCUT2D eigenvalue weighted by Crippen LogP contribution is -2.11. The van der Waals surface area contributed by atoms with Gasteiger partial charge in [-0.15, -0.1) is 11.3 Å². The van der Waals surface area contributed by atoms with Gasteiger partial charge >= 0.3 is 0 Å². The predicted octanol–water partition coefficient (Wildman–Crippen LogP) is 4.01. The van der Waals surface area contributed by atoms with Crippen molar-refractivity contribution in [2.24, 2.45) is 5.92 Å². The van der Waals surface area contributed by atoms with Crippen LogP contribution in [0.4, 0.5) is 5.13 Å². The standard InChI is InChI=1S/C17H17ClN4O2S/c1-10-2-4-13-15(6-10)25-17(20-13)21-16(23)14-5-3-12(24-14)9-22-8-11(18)7-19-22/h3,5,7-8,10H,2,4,6,9H2,1H3,(H,20,21,23)/t10-/m1/s1. The van der Waals surface area contributed by atoms with Crippen molar-refractivity contribution in [3.63, 3.8) is 0 Å². The number of aryl methyl sites for hydroxylation is 1. The molecule has 0 saturated carbocycles.